The number of nitrogens with zero attached hydrogens (tertiary/aromatic N) is 2. The number of aromatic nitrogens is 2. The van der Waals surface area contributed by atoms with Crippen molar-refractivity contribution in [3.8, 4) is 0 Å². The molecular weight excluding hydrogens is 310 g/mol. The number of aryl methyl sites for hydroxylation is 1. The smallest absolute Gasteiger partial charge is 0.348 e. The monoisotopic (exact) mass is 329 g/mol. The predicted molar refractivity (Wildman–Crippen MR) is 77.5 cm³/mol. The molecule has 1 aromatic heterocycles. The molecule has 0 aliphatic carbocycles. The van der Waals surface area contributed by atoms with Gasteiger partial charge in [-0.15, -0.1) is 0 Å². The lowest BCUT2D eigenvalue weighted by Gasteiger charge is -2.14. The standard InChI is InChI=1S/C13H20BrN3O2/c1-9-12(14)10(2)17(13(18)16-9)6-5-15-8-11-4-3-7-19-11/h11,15H,3-8H2,1-2H3. The highest BCUT2D eigenvalue weighted by Crippen LogP contribution is 2.16. The Morgan fingerprint density at radius 1 is 1.53 bits per heavy atom. The third kappa shape index (κ3) is 3.64. The summed E-state index contributed by atoms with van der Waals surface area (Å²) in [6.45, 7) is 6.87. The van der Waals surface area contributed by atoms with Gasteiger partial charge >= 0.3 is 5.69 Å². The van der Waals surface area contributed by atoms with Crippen molar-refractivity contribution in [3.63, 3.8) is 0 Å². The molecule has 0 saturated carbocycles. The largest absolute Gasteiger partial charge is 0.377 e. The maximum absolute atomic E-state index is 11.8. The molecule has 0 radical (unpaired) electrons. The molecule has 106 valence electrons. The van der Waals surface area contributed by atoms with E-state index in [1.807, 2.05) is 13.8 Å². The first kappa shape index (κ1) is 14.7. The molecule has 1 aliphatic rings. The average Bonchev–Trinajstić information content (AvgIpc) is 2.88. The molecule has 0 amide bonds. The van der Waals surface area contributed by atoms with Crippen LogP contribution in [0.25, 0.3) is 0 Å². The zero-order valence-corrected chi connectivity index (χ0v) is 13.0. The Kier molecular flexibility index (Phi) is 5.13. The first-order chi connectivity index (χ1) is 9.09. The van der Waals surface area contributed by atoms with Crippen LogP contribution in [0.2, 0.25) is 0 Å². The molecular formula is C13H20BrN3O2. The van der Waals surface area contributed by atoms with E-state index in [1.165, 1.54) is 0 Å². The highest BCUT2D eigenvalue weighted by Gasteiger charge is 2.14. The Labute approximate surface area is 121 Å². The molecule has 5 nitrogen and oxygen atoms in total. The molecule has 6 heteroatoms. The number of ether oxygens (including phenoxy) is 1. The minimum absolute atomic E-state index is 0.183. The van der Waals surface area contributed by atoms with E-state index in [-0.39, 0.29) is 5.69 Å². The average molecular weight is 330 g/mol. The van der Waals surface area contributed by atoms with Crippen LogP contribution in [0, 0.1) is 13.8 Å². The van der Waals surface area contributed by atoms with E-state index in [0.29, 0.717) is 12.6 Å². The number of halogens is 1. The van der Waals surface area contributed by atoms with Gasteiger partial charge in [-0.1, -0.05) is 0 Å². The summed E-state index contributed by atoms with van der Waals surface area (Å²) in [5.41, 5.74) is 1.49. The third-order valence-corrected chi connectivity index (χ3v) is 4.59. The van der Waals surface area contributed by atoms with Crippen LogP contribution >= 0.6 is 15.9 Å². The van der Waals surface area contributed by atoms with E-state index >= 15 is 0 Å². The summed E-state index contributed by atoms with van der Waals surface area (Å²) >= 11 is 3.46. The molecule has 1 N–H and O–H groups in total. The SMILES string of the molecule is Cc1nc(=O)n(CCNCC2CCCO2)c(C)c1Br. The van der Waals surface area contributed by atoms with Crippen molar-refractivity contribution in [2.24, 2.45) is 0 Å². The molecule has 2 heterocycles. The fourth-order valence-corrected chi connectivity index (χ4v) is 2.60. The molecule has 1 aliphatic heterocycles. The second kappa shape index (κ2) is 6.63. The summed E-state index contributed by atoms with van der Waals surface area (Å²) in [5.74, 6) is 0. The maximum atomic E-state index is 11.8. The van der Waals surface area contributed by atoms with Crippen LogP contribution in [0.1, 0.15) is 24.2 Å². The number of nitrogens with one attached hydrogen (secondary N) is 1. The molecule has 1 aromatic rings. The first-order valence-corrected chi connectivity index (χ1v) is 7.44. The summed E-state index contributed by atoms with van der Waals surface area (Å²) in [6, 6.07) is 0. The second-order valence-electron chi connectivity index (χ2n) is 4.87. The minimum atomic E-state index is -0.183. The quantitative estimate of drug-likeness (QED) is 0.829. The lowest BCUT2D eigenvalue weighted by atomic mass is 10.2. The number of rotatable bonds is 5. The third-order valence-electron chi connectivity index (χ3n) is 3.44. The predicted octanol–water partition coefficient (Wildman–Crippen LogP) is 1.39. The van der Waals surface area contributed by atoms with Crippen molar-refractivity contribution in [2.45, 2.75) is 39.3 Å². The molecule has 1 unspecified atom stereocenters. The number of hydrogen-bond acceptors (Lipinski definition) is 4. The van der Waals surface area contributed by atoms with E-state index in [4.69, 9.17) is 4.74 Å². The van der Waals surface area contributed by atoms with Crippen LogP contribution in [0.5, 0.6) is 0 Å². The number of hydrogen-bond donors (Lipinski definition) is 1. The van der Waals surface area contributed by atoms with Gasteiger partial charge in [0.05, 0.1) is 16.3 Å². The Morgan fingerprint density at radius 3 is 3.00 bits per heavy atom. The van der Waals surface area contributed by atoms with Gasteiger partial charge in [0.1, 0.15) is 0 Å². The Bertz CT molecular complexity index is 495. The van der Waals surface area contributed by atoms with Gasteiger partial charge in [-0.25, -0.2) is 4.79 Å². The summed E-state index contributed by atoms with van der Waals surface area (Å²) in [6.07, 6.45) is 2.62. The molecule has 0 aromatic carbocycles. The van der Waals surface area contributed by atoms with Gasteiger partial charge < -0.3 is 10.1 Å². The van der Waals surface area contributed by atoms with Gasteiger partial charge in [0.2, 0.25) is 0 Å². The van der Waals surface area contributed by atoms with Crippen LogP contribution in [0.15, 0.2) is 9.27 Å². The molecule has 0 bridgehead atoms. The molecule has 1 saturated heterocycles. The van der Waals surface area contributed by atoms with Gasteiger partial charge in [-0.2, -0.15) is 4.98 Å². The van der Waals surface area contributed by atoms with Crippen molar-refractivity contribution < 1.29 is 4.74 Å². The van der Waals surface area contributed by atoms with Crippen molar-refractivity contribution in [2.75, 3.05) is 19.7 Å². The molecule has 19 heavy (non-hydrogen) atoms. The molecule has 0 spiro atoms. The zero-order chi connectivity index (χ0) is 13.8. The minimum Gasteiger partial charge on any atom is -0.377 e. The van der Waals surface area contributed by atoms with E-state index in [0.717, 1.165) is 48.4 Å². The van der Waals surface area contributed by atoms with E-state index in [9.17, 15) is 4.79 Å². The van der Waals surface area contributed by atoms with Gasteiger partial charge in [-0.3, -0.25) is 4.57 Å². The zero-order valence-electron chi connectivity index (χ0n) is 11.4. The van der Waals surface area contributed by atoms with Crippen molar-refractivity contribution in [3.05, 3.63) is 26.3 Å². The highest BCUT2D eigenvalue weighted by molar-refractivity contribution is 9.10. The van der Waals surface area contributed by atoms with Crippen LogP contribution in [-0.2, 0) is 11.3 Å². The highest BCUT2D eigenvalue weighted by atomic mass is 79.9. The van der Waals surface area contributed by atoms with Crippen LogP contribution < -0.4 is 11.0 Å². The Balaban J connectivity index is 1.89. The molecule has 1 atom stereocenters. The van der Waals surface area contributed by atoms with E-state index in [1.54, 1.807) is 4.57 Å². The van der Waals surface area contributed by atoms with Crippen molar-refractivity contribution >= 4 is 15.9 Å². The van der Waals surface area contributed by atoms with Gasteiger partial charge in [0.25, 0.3) is 0 Å². The van der Waals surface area contributed by atoms with Crippen LogP contribution in [0.4, 0.5) is 0 Å². The van der Waals surface area contributed by atoms with Gasteiger partial charge in [-0.05, 0) is 42.6 Å². The van der Waals surface area contributed by atoms with Crippen molar-refractivity contribution in [1.29, 1.82) is 0 Å². The van der Waals surface area contributed by atoms with E-state index in [2.05, 4.69) is 26.2 Å². The van der Waals surface area contributed by atoms with E-state index < -0.39 is 0 Å². The lowest BCUT2D eigenvalue weighted by Crippen LogP contribution is -2.33. The fraction of sp³-hybridized carbons (Fsp3) is 0.692. The van der Waals surface area contributed by atoms with Gasteiger partial charge in [0.15, 0.2) is 0 Å². The second-order valence-corrected chi connectivity index (χ2v) is 5.66. The summed E-state index contributed by atoms with van der Waals surface area (Å²) in [7, 11) is 0. The summed E-state index contributed by atoms with van der Waals surface area (Å²) < 4.78 is 8.14. The molecule has 2 rings (SSSR count). The Hall–Kier alpha value is -0.720. The van der Waals surface area contributed by atoms with Crippen LogP contribution in [0.3, 0.4) is 0 Å². The maximum Gasteiger partial charge on any atom is 0.348 e. The fourth-order valence-electron chi connectivity index (χ4n) is 2.30. The lowest BCUT2D eigenvalue weighted by molar-refractivity contribution is 0.110. The van der Waals surface area contributed by atoms with Crippen LogP contribution in [-0.4, -0.2) is 35.4 Å². The van der Waals surface area contributed by atoms with Crippen molar-refractivity contribution in [1.82, 2.24) is 14.9 Å². The topological polar surface area (TPSA) is 56.2 Å². The summed E-state index contributed by atoms with van der Waals surface area (Å²) in [5, 5.41) is 3.34. The Morgan fingerprint density at radius 2 is 2.32 bits per heavy atom. The van der Waals surface area contributed by atoms with Gasteiger partial charge in [0, 0.05) is 31.9 Å². The normalized spacial score (nSPS) is 19.0. The molecule has 1 fully saturated rings. The first-order valence-electron chi connectivity index (χ1n) is 6.65. The summed E-state index contributed by atoms with van der Waals surface area (Å²) in [4.78, 5) is 15.8.